The van der Waals surface area contributed by atoms with Crippen LogP contribution in [0, 0.1) is 5.92 Å². The second kappa shape index (κ2) is 16.7. The van der Waals surface area contributed by atoms with Gasteiger partial charge in [0.1, 0.15) is 16.8 Å². The summed E-state index contributed by atoms with van der Waals surface area (Å²) in [6.45, 7) is 8.42. The number of amides is 1. The van der Waals surface area contributed by atoms with E-state index >= 15 is 0 Å². The van der Waals surface area contributed by atoms with Crippen LogP contribution in [0.1, 0.15) is 70.0 Å². The van der Waals surface area contributed by atoms with Crippen LogP contribution < -0.4 is 9.62 Å². The molecule has 1 heterocycles. The van der Waals surface area contributed by atoms with E-state index in [0.717, 1.165) is 41.2 Å². The second-order valence-corrected chi connectivity index (χ2v) is 11.2. The molecule has 41 heavy (non-hydrogen) atoms. The predicted octanol–water partition coefficient (Wildman–Crippen LogP) is 7.38. The number of nitrogens with zero attached hydrogens (tertiary/aromatic N) is 3. The summed E-state index contributed by atoms with van der Waals surface area (Å²) in [5.41, 5.74) is 3.19. The molecule has 7 heteroatoms. The second-order valence-electron chi connectivity index (χ2n) is 9.94. The summed E-state index contributed by atoms with van der Waals surface area (Å²) in [5, 5.41) is 0. The highest BCUT2D eigenvalue weighted by molar-refractivity contribution is 7.83. The lowest BCUT2D eigenvalue weighted by molar-refractivity contribution is -0.119. The Bertz CT molecular complexity index is 1360. The lowest BCUT2D eigenvalue weighted by Crippen LogP contribution is -2.33. The van der Waals surface area contributed by atoms with Crippen molar-refractivity contribution in [1.82, 2.24) is 14.3 Å². The number of rotatable bonds is 11. The minimum absolute atomic E-state index is 0.0423. The van der Waals surface area contributed by atoms with Crippen LogP contribution in [0.15, 0.2) is 102 Å². The number of imidazole rings is 1. The fourth-order valence-corrected chi connectivity index (χ4v) is 5.82. The minimum Gasteiger partial charge on any atom is -0.337 e. The Kier molecular flexibility index (Phi) is 13.0. The SMILES string of the molecule is CC.C\C=C/C=C\C=C\C(C)CC(=O)N(Cc1nccn1C)c1ccc2c(c1)C(NS(=O)c1ccccc1)CCC2. The van der Waals surface area contributed by atoms with Crippen LogP contribution in [0.5, 0.6) is 0 Å². The van der Waals surface area contributed by atoms with Crippen molar-refractivity contribution in [3.8, 4) is 0 Å². The Morgan fingerprint density at radius 2 is 1.90 bits per heavy atom. The number of hydrogen-bond donors (Lipinski definition) is 1. The van der Waals surface area contributed by atoms with Crippen molar-refractivity contribution in [3.05, 3.63) is 114 Å². The van der Waals surface area contributed by atoms with Gasteiger partial charge in [0.15, 0.2) is 0 Å². The molecule has 1 aliphatic rings. The topological polar surface area (TPSA) is 67.2 Å². The summed E-state index contributed by atoms with van der Waals surface area (Å²) in [7, 11) is 0.625. The number of hydrogen-bond acceptors (Lipinski definition) is 3. The number of carbonyl (C=O) groups is 1. The van der Waals surface area contributed by atoms with Crippen molar-refractivity contribution in [2.75, 3.05) is 4.90 Å². The monoisotopic (exact) mass is 572 g/mol. The van der Waals surface area contributed by atoms with Gasteiger partial charge in [-0.1, -0.05) is 81.5 Å². The molecule has 1 amide bonds. The molecule has 0 aliphatic heterocycles. The molecule has 1 aromatic heterocycles. The summed E-state index contributed by atoms with van der Waals surface area (Å²) in [5.74, 6) is 0.941. The van der Waals surface area contributed by atoms with Crippen LogP contribution >= 0.6 is 0 Å². The molecule has 0 saturated carbocycles. The van der Waals surface area contributed by atoms with Gasteiger partial charge in [-0.25, -0.2) is 13.9 Å². The van der Waals surface area contributed by atoms with E-state index in [9.17, 15) is 9.00 Å². The Morgan fingerprint density at radius 3 is 2.61 bits per heavy atom. The van der Waals surface area contributed by atoms with E-state index < -0.39 is 11.0 Å². The van der Waals surface area contributed by atoms with Crippen molar-refractivity contribution in [1.29, 1.82) is 0 Å². The normalized spacial score (nSPS) is 16.4. The number of fused-ring (bicyclic) bond motifs is 1. The number of anilines is 1. The molecular formula is C34H44N4O2S. The van der Waals surface area contributed by atoms with Gasteiger partial charge in [0.2, 0.25) is 5.91 Å². The predicted molar refractivity (Wildman–Crippen MR) is 171 cm³/mol. The van der Waals surface area contributed by atoms with Gasteiger partial charge >= 0.3 is 0 Å². The lowest BCUT2D eigenvalue weighted by Gasteiger charge is -2.29. The molecule has 1 aliphatic carbocycles. The van der Waals surface area contributed by atoms with E-state index in [-0.39, 0.29) is 17.9 Å². The van der Waals surface area contributed by atoms with E-state index in [2.05, 4.69) is 34.8 Å². The van der Waals surface area contributed by atoms with Crippen molar-refractivity contribution < 1.29 is 9.00 Å². The van der Waals surface area contributed by atoms with Crippen molar-refractivity contribution in [2.24, 2.45) is 13.0 Å². The van der Waals surface area contributed by atoms with Crippen molar-refractivity contribution >= 4 is 22.6 Å². The molecule has 3 unspecified atom stereocenters. The molecule has 2 aromatic carbocycles. The summed E-state index contributed by atoms with van der Waals surface area (Å²) < 4.78 is 18.4. The molecular weight excluding hydrogens is 528 g/mol. The molecule has 0 radical (unpaired) electrons. The first kappa shape index (κ1) is 32.0. The molecule has 0 bridgehead atoms. The zero-order valence-corrected chi connectivity index (χ0v) is 25.8. The number of carbonyl (C=O) groups excluding carboxylic acids is 1. The molecule has 0 spiro atoms. The largest absolute Gasteiger partial charge is 0.337 e. The average molecular weight is 573 g/mol. The highest BCUT2D eigenvalue weighted by atomic mass is 32.2. The molecule has 3 aromatic rings. The number of aromatic nitrogens is 2. The first-order chi connectivity index (χ1) is 20.0. The van der Waals surface area contributed by atoms with Crippen LogP contribution in [0.4, 0.5) is 5.69 Å². The molecule has 4 rings (SSSR count). The Balaban J connectivity index is 0.00000226. The zero-order valence-electron chi connectivity index (χ0n) is 25.0. The summed E-state index contributed by atoms with van der Waals surface area (Å²) in [6, 6.07) is 15.7. The van der Waals surface area contributed by atoms with Crippen LogP contribution in [0.2, 0.25) is 0 Å². The van der Waals surface area contributed by atoms with E-state index in [4.69, 9.17) is 0 Å². The third-order valence-electron chi connectivity index (χ3n) is 6.95. The highest BCUT2D eigenvalue weighted by Gasteiger charge is 2.26. The van der Waals surface area contributed by atoms with Crippen LogP contribution in [-0.2, 0) is 35.8 Å². The van der Waals surface area contributed by atoms with Gasteiger partial charge in [-0.15, -0.1) is 0 Å². The fraction of sp³-hybridized carbons (Fsp3) is 0.353. The van der Waals surface area contributed by atoms with Crippen LogP contribution in [-0.4, -0.2) is 19.7 Å². The first-order valence-corrected chi connectivity index (χ1v) is 15.7. The third-order valence-corrected chi connectivity index (χ3v) is 8.14. The summed E-state index contributed by atoms with van der Waals surface area (Å²) in [4.78, 5) is 20.8. The van der Waals surface area contributed by atoms with Gasteiger partial charge in [0.25, 0.3) is 0 Å². The zero-order chi connectivity index (χ0) is 29.6. The van der Waals surface area contributed by atoms with Gasteiger partial charge in [0.05, 0.1) is 11.4 Å². The van der Waals surface area contributed by atoms with E-state index in [0.29, 0.717) is 13.0 Å². The van der Waals surface area contributed by atoms with Crippen molar-refractivity contribution in [3.63, 3.8) is 0 Å². The minimum atomic E-state index is -1.32. The van der Waals surface area contributed by atoms with Gasteiger partial charge in [-0.2, -0.15) is 0 Å². The van der Waals surface area contributed by atoms with Gasteiger partial charge in [0, 0.05) is 37.6 Å². The number of allylic oxidation sites excluding steroid dienone is 6. The maximum Gasteiger partial charge on any atom is 0.227 e. The smallest absolute Gasteiger partial charge is 0.227 e. The summed E-state index contributed by atoms with van der Waals surface area (Å²) >= 11 is 0. The lowest BCUT2D eigenvalue weighted by atomic mass is 9.87. The molecule has 0 fully saturated rings. The molecule has 3 atom stereocenters. The van der Waals surface area contributed by atoms with E-state index in [1.807, 2.05) is 110 Å². The Morgan fingerprint density at radius 1 is 1.15 bits per heavy atom. The fourth-order valence-electron chi connectivity index (χ4n) is 4.78. The number of benzene rings is 2. The number of nitrogens with one attached hydrogen (secondary N) is 1. The first-order valence-electron chi connectivity index (χ1n) is 14.5. The van der Waals surface area contributed by atoms with Crippen LogP contribution in [0.3, 0.4) is 0 Å². The summed E-state index contributed by atoms with van der Waals surface area (Å²) in [6.07, 6.45) is 18.9. The molecule has 1 N–H and O–H groups in total. The molecule has 0 saturated heterocycles. The quantitative estimate of drug-likeness (QED) is 0.244. The Hall–Kier alpha value is -3.55. The highest BCUT2D eigenvalue weighted by Crippen LogP contribution is 2.34. The molecule has 6 nitrogen and oxygen atoms in total. The van der Waals surface area contributed by atoms with Gasteiger partial charge in [-0.3, -0.25) is 4.79 Å². The average Bonchev–Trinajstić information content (AvgIpc) is 3.41. The third kappa shape index (κ3) is 9.23. The van der Waals surface area contributed by atoms with Gasteiger partial charge in [-0.05, 0) is 67.5 Å². The maximum absolute atomic E-state index is 13.7. The maximum atomic E-state index is 13.7. The van der Waals surface area contributed by atoms with Crippen LogP contribution in [0.25, 0.3) is 0 Å². The standard InChI is InChI=1S/C32H38N4O2S.C2H6/c1-4-5-6-7-9-13-25(2)22-32(37)36(24-31-33-20-21-35(31)3)27-19-18-26-14-12-17-30(29(26)23-27)34-39(38)28-15-10-8-11-16-28;1-2/h4-11,13,15-16,18-21,23,25,30,34H,12,14,17,22,24H2,1-3H3;1-2H3/b5-4-,7-6-,13-9+;. The molecule has 218 valence electrons. The Labute approximate surface area is 248 Å². The van der Waals surface area contributed by atoms with E-state index in [1.165, 1.54) is 5.56 Å². The van der Waals surface area contributed by atoms with E-state index in [1.54, 1.807) is 6.20 Å². The number of aryl methyl sites for hydroxylation is 2. The van der Waals surface area contributed by atoms with Crippen molar-refractivity contribution in [2.45, 2.75) is 70.9 Å². The van der Waals surface area contributed by atoms with Gasteiger partial charge < -0.3 is 9.47 Å².